The molecule has 0 N–H and O–H groups in total. The Hall–Kier alpha value is -2.93. The number of fused-ring (bicyclic) bond motifs is 1. The van der Waals surface area contributed by atoms with Crippen LogP contribution in [-0.4, -0.2) is 4.98 Å². The minimum atomic E-state index is 0.858. The minimum Gasteiger partial charge on any atom is -0.257 e. The first-order chi connectivity index (χ1) is 11.8. The molecule has 3 aromatic carbocycles. The van der Waals surface area contributed by atoms with E-state index in [1.165, 1.54) is 27.5 Å². The van der Waals surface area contributed by atoms with E-state index in [2.05, 4.69) is 91.9 Å². The molecule has 0 unspecified atom stereocenters. The topological polar surface area (TPSA) is 12.9 Å². The zero-order valence-electron chi connectivity index (χ0n) is 13.7. The Labute approximate surface area is 142 Å². The zero-order chi connectivity index (χ0) is 16.4. The van der Waals surface area contributed by atoms with Gasteiger partial charge in [-0.2, -0.15) is 0 Å². The average molecular weight is 309 g/mol. The third-order valence-electron chi connectivity index (χ3n) is 4.45. The van der Waals surface area contributed by atoms with Crippen LogP contribution >= 0.6 is 0 Å². The van der Waals surface area contributed by atoms with Crippen LogP contribution in [-0.2, 0) is 6.42 Å². The summed E-state index contributed by atoms with van der Waals surface area (Å²) in [5, 5.41) is 2.52. The second kappa shape index (κ2) is 6.29. The lowest BCUT2D eigenvalue weighted by Gasteiger charge is -2.14. The highest BCUT2D eigenvalue weighted by atomic mass is 14.7. The molecule has 0 radical (unpaired) electrons. The van der Waals surface area contributed by atoms with Crippen molar-refractivity contribution in [3.8, 4) is 11.1 Å². The molecule has 4 rings (SSSR count). The highest BCUT2D eigenvalue weighted by Gasteiger charge is 2.12. The van der Waals surface area contributed by atoms with Crippen molar-refractivity contribution < 1.29 is 0 Å². The number of nitrogens with zero attached hydrogens (tertiary/aromatic N) is 1. The number of hydrogen-bond acceptors (Lipinski definition) is 1. The zero-order valence-corrected chi connectivity index (χ0v) is 13.7. The molecule has 0 atom stereocenters. The second-order valence-corrected chi connectivity index (χ2v) is 6.09. The summed E-state index contributed by atoms with van der Waals surface area (Å²) in [6.07, 6.45) is 0.858. The summed E-state index contributed by atoms with van der Waals surface area (Å²) in [5.41, 5.74) is 6.00. The Morgan fingerprint density at radius 1 is 0.667 bits per heavy atom. The van der Waals surface area contributed by atoms with Gasteiger partial charge >= 0.3 is 0 Å². The molecule has 0 aliphatic carbocycles. The van der Waals surface area contributed by atoms with Crippen molar-refractivity contribution in [1.82, 2.24) is 4.98 Å². The van der Waals surface area contributed by atoms with Crippen molar-refractivity contribution in [3.63, 3.8) is 0 Å². The summed E-state index contributed by atoms with van der Waals surface area (Å²) in [5.74, 6) is 0. The van der Waals surface area contributed by atoms with E-state index >= 15 is 0 Å². The molecule has 116 valence electrons. The van der Waals surface area contributed by atoms with Crippen LogP contribution in [0.15, 0.2) is 84.9 Å². The average Bonchev–Trinajstić information content (AvgIpc) is 2.63. The normalized spacial score (nSPS) is 10.9. The maximum atomic E-state index is 4.97. The van der Waals surface area contributed by atoms with Crippen LogP contribution in [0.2, 0.25) is 0 Å². The van der Waals surface area contributed by atoms with Gasteiger partial charge in [0.15, 0.2) is 0 Å². The molecule has 0 bridgehead atoms. The molecule has 0 fully saturated rings. The SMILES string of the molecule is Cc1nc(Cc2ccccc2)c2ccccc2c1-c1ccccc1. The van der Waals surface area contributed by atoms with E-state index in [0.717, 1.165) is 17.8 Å². The van der Waals surface area contributed by atoms with E-state index in [1.54, 1.807) is 0 Å². The van der Waals surface area contributed by atoms with Gasteiger partial charge in [0.25, 0.3) is 0 Å². The first kappa shape index (κ1) is 14.6. The van der Waals surface area contributed by atoms with E-state index in [9.17, 15) is 0 Å². The van der Waals surface area contributed by atoms with Gasteiger partial charge in [-0.25, -0.2) is 0 Å². The van der Waals surface area contributed by atoms with Gasteiger partial charge in [-0.3, -0.25) is 4.98 Å². The summed E-state index contributed by atoms with van der Waals surface area (Å²) in [7, 11) is 0. The number of pyridine rings is 1. The highest BCUT2D eigenvalue weighted by molar-refractivity contribution is 5.98. The van der Waals surface area contributed by atoms with Crippen LogP contribution in [0.25, 0.3) is 21.9 Å². The molecule has 24 heavy (non-hydrogen) atoms. The molecule has 1 nitrogen and oxygen atoms in total. The largest absolute Gasteiger partial charge is 0.257 e. The van der Waals surface area contributed by atoms with E-state index in [-0.39, 0.29) is 0 Å². The van der Waals surface area contributed by atoms with Gasteiger partial charge in [0.05, 0.1) is 5.69 Å². The Kier molecular flexibility index (Phi) is 3.84. The Balaban J connectivity index is 1.92. The standard InChI is InChI=1S/C23H19N/c1-17-23(19-12-6-3-7-13-19)21-15-9-8-14-20(21)22(24-17)16-18-10-4-2-5-11-18/h2-15H,16H2,1H3. The van der Waals surface area contributed by atoms with Gasteiger partial charge in [-0.15, -0.1) is 0 Å². The first-order valence-corrected chi connectivity index (χ1v) is 8.30. The molecule has 4 aromatic rings. The Bertz CT molecular complexity index is 973. The number of hydrogen-bond donors (Lipinski definition) is 0. The number of benzene rings is 3. The molecule has 1 aromatic heterocycles. The molecule has 0 amide bonds. The highest BCUT2D eigenvalue weighted by Crippen LogP contribution is 2.33. The fourth-order valence-corrected chi connectivity index (χ4v) is 3.36. The van der Waals surface area contributed by atoms with Crippen LogP contribution in [0, 0.1) is 6.92 Å². The van der Waals surface area contributed by atoms with Crippen molar-refractivity contribution in [2.75, 3.05) is 0 Å². The third kappa shape index (κ3) is 2.69. The molecule has 1 heterocycles. The lowest BCUT2D eigenvalue weighted by molar-refractivity contribution is 1.06. The molecular formula is C23H19N. The summed E-state index contributed by atoms with van der Waals surface area (Å²) >= 11 is 0. The fraction of sp³-hybridized carbons (Fsp3) is 0.0870. The summed E-state index contributed by atoms with van der Waals surface area (Å²) in [4.78, 5) is 4.97. The maximum absolute atomic E-state index is 4.97. The van der Waals surface area contributed by atoms with Crippen LogP contribution in [0.1, 0.15) is 17.0 Å². The van der Waals surface area contributed by atoms with Crippen molar-refractivity contribution in [2.45, 2.75) is 13.3 Å². The molecule has 1 heteroatoms. The van der Waals surface area contributed by atoms with Gasteiger partial charge in [0, 0.05) is 23.1 Å². The molecule has 0 aliphatic heterocycles. The smallest absolute Gasteiger partial charge is 0.0529 e. The van der Waals surface area contributed by atoms with Gasteiger partial charge in [-0.1, -0.05) is 84.9 Å². The molecule has 0 saturated heterocycles. The van der Waals surface area contributed by atoms with Crippen molar-refractivity contribution >= 4 is 10.8 Å². The van der Waals surface area contributed by atoms with Crippen molar-refractivity contribution in [1.29, 1.82) is 0 Å². The van der Waals surface area contributed by atoms with E-state index in [0.29, 0.717) is 0 Å². The van der Waals surface area contributed by atoms with E-state index < -0.39 is 0 Å². The van der Waals surface area contributed by atoms with Gasteiger partial charge in [0.1, 0.15) is 0 Å². The van der Waals surface area contributed by atoms with Crippen LogP contribution < -0.4 is 0 Å². The Morgan fingerprint density at radius 3 is 1.96 bits per heavy atom. The second-order valence-electron chi connectivity index (χ2n) is 6.09. The first-order valence-electron chi connectivity index (χ1n) is 8.30. The molecule has 0 spiro atoms. The van der Waals surface area contributed by atoms with Crippen molar-refractivity contribution in [3.05, 3.63) is 102 Å². The van der Waals surface area contributed by atoms with E-state index in [1.807, 2.05) is 0 Å². The third-order valence-corrected chi connectivity index (χ3v) is 4.45. The maximum Gasteiger partial charge on any atom is 0.0529 e. The number of rotatable bonds is 3. The van der Waals surface area contributed by atoms with E-state index in [4.69, 9.17) is 4.98 Å². The van der Waals surface area contributed by atoms with Gasteiger partial charge in [-0.05, 0) is 23.4 Å². The fourth-order valence-electron chi connectivity index (χ4n) is 3.36. The lowest BCUT2D eigenvalue weighted by atomic mass is 9.94. The molecular weight excluding hydrogens is 290 g/mol. The van der Waals surface area contributed by atoms with Gasteiger partial charge < -0.3 is 0 Å². The minimum absolute atomic E-state index is 0.858. The molecule has 0 saturated carbocycles. The summed E-state index contributed by atoms with van der Waals surface area (Å²) < 4.78 is 0. The van der Waals surface area contributed by atoms with Crippen LogP contribution in [0.3, 0.4) is 0 Å². The summed E-state index contributed by atoms with van der Waals surface area (Å²) in [6.45, 7) is 2.11. The van der Waals surface area contributed by atoms with Crippen LogP contribution in [0.5, 0.6) is 0 Å². The predicted octanol–water partition coefficient (Wildman–Crippen LogP) is 5.80. The van der Waals surface area contributed by atoms with Crippen molar-refractivity contribution in [2.24, 2.45) is 0 Å². The lowest BCUT2D eigenvalue weighted by Crippen LogP contribution is -1.99. The monoisotopic (exact) mass is 309 g/mol. The molecule has 0 aliphatic rings. The quantitative estimate of drug-likeness (QED) is 0.466. The number of aromatic nitrogens is 1. The van der Waals surface area contributed by atoms with Gasteiger partial charge in [0.2, 0.25) is 0 Å². The summed E-state index contributed by atoms with van der Waals surface area (Å²) in [6, 6.07) is 29.7. The Morgan fingerprint density at radius 2 is 1.25 bits per heavy atom. The van der Waals surface area contributed by atoms with Crippen LogP contribution in [0.4, 0.5) is 0 Å². The number of aryl methyl sites for hydroxylation is 1. The predicted molar refractivity (Wildman–Crippen MR) is 101 cm³/mol.